The molecule has 0 bridgehead atoms. The zero-order valence-corrected chi connectivity index (χ0v) is 27.6. The zero-order valence-electron chi connectivity index (χ0n) is 26.9. The SMILES string of the molecule is Cc1c(-c2ccnn2-c2ccc(C#N)cc2)n(C(=O)N[C@H]2CC[C@H]([N+](C)(C)Cc3ncon3)CC2)c(=O)n1-c1cccc(C(F)(F)F)c1.[Cl-]. The van der Waals surface area contributed by atoms with Gasteiger partial charge < -0.3 is 26.7 Å². The van der Waals surface area contributed by atoms with Crippen LogP contribution in [0.4, 0.5) is 18.0 Å². The Kier molecular flexibility index (Phi) is 9.84. The number of aromatic nitrogens is 6. The Morgan fingerprint density at radius 3 is 2.43 bits per heavy atom. The Morgan fingerprint density at radius 2 is 1.80 bits per heavy atom. The van der Waals surface area contributed by atoms with Gasteiger partial charge in [0.25, 0.3) is 0 Å². The molecule has 0 radical (unpaired) electrons. The summed E-state index contributed by atoms with van der Waals surface area (Å²) in [7, 11) is 4.20. The number of hydrogen-bond acceptors (Lipinski definition) is 7. The maximum absolute atomic E-state index is 14.1. The lowest BCUT2D eigenvalue weighted by molar-refractivity contribution is -0.929. The average molecular weight is 696 g/mol. The lowest BCUT2D eigenvalue weighted by Gasteiger charge is -2.41. The fourth-order valence-electron chi connectivity index (χ4n) is 6.50. The Morgan fingerprint density at radius 1 is 1.08 bits per heavy atom. The number of carbonyl (C=O) groups excluding carboxylic acids is 1. The summed E-state index contributed by atoms with van der Waals surface area (Å²) in [6.45, 7) is 2.16. The highest BCUT2D eigenvalue weighted by Gasteiger charge is 2.36. The molecule has 1 N–H and O–H groups in total. The van der Waals surface area contributed by atoms with Crippen LogP contribution in [0.3, 0.4) is 0 Å². The minimum atomic E-state index is -4.64. The van der Waals surface area contributed by atoms with Crippen molar-refractivity contribution in [1.29, 1.82) is 5.26 Å². The van der Waals surface area contributed by atoms with E-state index in [4.69, 9.17) is 4.52 Å². The summed E-state index contributed by atoms with van der Waals surface area (Å²) in [5.41, 5.74) is -0.0195. The number of amides is 1. The molecule has 0 aliphatic heterocycles. The maximum Gasteiger partial charge on any atom is 0.416 e. The highest BCUT2D eigenvalue weighted by Crippen LogP contribution is 2.33. The van der Waals surface area contributed by atoms with Gasteiger partial charge in [0.2, 0.25) is 12.2 Å². The first-order valence-corrected chi connectivity index (χ1v) is 15.3. The predicted octanol–water partition coefficient (Wildman–Crippen LogP) is 2.22. The molecule has 0 saturated heterocycles. The van der Waals surface area contributed by atoms with Crippen LogP contribution in [-0.4, -0.2) is 65.7 Å². The second-order valence-corrected chi connectivity index (χ2v) is 12.5. The van der Waals surface area contributed by atoms with Crippen molar-refractivity contribution in [2.24, 2.45) is 0 Å². The number of nitrogens with zero attached hydrogens (tertiary/aromatic N) is 8. The molecule has 1 aliphatic carbocycles. The van der Waals surface area contributed by atoms with Crippen LogP contribution in [0.2, 0.25) is 0 Å². The topological polar surface area (TPSA) is 137 Å². The van der Waals surface area contributed by atoms with Crippen LogP contribution in [0.1, 0.15) is 48.3 Å². The molecule has 3 heterocycles. The second kappa shape index (κ2) is 13.7. The van der Waals surface area contributed by atoms with Crippen LogP contribution >= 0.6 is 0 Å². The van der Waals surface area contributed by atoms with Crippen LogP contribution in [0.15, 0.2) is 76.5 Å². The summed E-state index contributed by atoms with van der Waals surface area (Å²) in [5, 5.41) is 20.6. The highest BCUT2D eigenvalue weighted by atomic mass is 35.5. The van der Waals surface area contributed by atoms with Crippen molar-refractivity contribution in [3.63, 3.8) is 0 Å². The lowest BCUT2D eigenvalue weighted by atomic mass is 9.89. The van der Waals surface area contributed by atoms with E-state index in [1.54, 1.807) is 37.3 Å². The van der Waals surface area contributed by atoms with Crippen LogP contribution in [0.5, 0.6) is 0 Å². The van der Waals surface area contributed by atoms with Gasteiger partial charge in [-0.1, -0.05) is 11.2 Å². The molecule has 0 atom stereocenters. The van der Waals surface area contributed by atoms with Crippen molar-refractivity contribution in [3.05, 3.63) is 100 Å². The molecule has 1 amide bonds. The van der Waals surface area contributed by atoms with Crippen molar-refractivity contribution in [3.8, 4) is 28.8 Å². The van der Waals surface area contributed by atoms with Crippen molar-refractivity contribution in [2.75, 3.05) is 14.1 Å². The molecule has 16 heteroatoms. The number of carbonyl (C=O) groups is 1. The number of alkyl halides is 3. The minimum Gasteiger partial charge on any atom is -1.00 e. The monoisotopic (exact) mass is 695 g/mol. The number of nitriles is 1. The van der Waals surface area contributed by atoms with Crippen molar-refractivity contribution in [1.82, 2.24) is 34.4 Å². The van der Waals surface area contributed by atoms with Crippen molar-refractivity contribution < 1.29 is 39.4 Å². The second-order valence-electron chi connectivity index (χ2n) is 12.5. The predicted molar refractivity (Wildman–Crippen MR) is 167 cm³/mol. The molecular formula is C33H33ClF3N9O3. The van der Waals surface area contributed by atoms with Gasteiger partial charge in [-0.2, -0.15) is 28.5 Å². The summed E-state index contributed by atoms with van der Waals surface area (Å²) in [6.07, 6.45) is 1.08. The van der Waals surface area contributed by atoms with Crippen LogP contribution in [0, 0.1) is 18.3 Å². The highest BCUT2D eigenvalue weighted by molar-refractivity contribution is 5.83. The molecule has 5 aromatic rings. The summed E-state index contributed by atoms with van der Waals surface area (Å²) in [5.74, 6) is 0.614. The van der Waals surface area contributed by atoms with E-state index in [1.807, 2.05) is 0 Å². The Bertz CT molecular complexity index is 2030. The third kappa shape index (κ3) is 7.01. The molecule has 12 nitrogen and oxygen atoms in total. The zero-order chi connectivity index (χ0) is 34.2. The van der Waals surface area contributed by atoms with Gasteiger partial charge in [0, 0.05) is 18.9 Å². The fourth-order valence-corrected chi connectivity index (χ4v) is 6.50. The van der Waals surface area contributed by atoms with E-state index in [1.165, 1.54) is 29.4 Å². The van der Waals surface area contributed by atoms with E-state index >= 15 is 0 Å². The smallest absolute Gasteiger partial charge is 0.416 e. The van der Waals surface area contributed by atoms with Gasteiger partial charge in [-0.05, 0) is 68.3 Å². The molecule has 49 heavy (non-hydrogen) atoms. The number of benzene rings is 2. The Hall–Kier alpha value is -5.20. The van der Waals surface area contributed by atoms with Gasteiger partial charge in [-0.3, -0.25) is 4.57 Å². The summed E-state index contributed by atoms with van der Waals surface area (Å²) in [4.78, 5) is 32.3. The third-order valence-corrected chi connectivity index (χ3v) is 9.01. The van der Waals surface area contributed by atoms with Gasteiger partial charge in [0.05, 0.1) is 66.3 Å². The number of hydrogen-bond donors (Lipinski definition) is 1. The van der Waals surface area contributed by atoms with E-state index < -0.39 is 23.5 Å². The van der Waals surface area contributed by atoms with Crippen LogP contribution < -0.4 is 23.4 Å². The summed E-state index contributed by atoms with van der Waals surface area (Å²) in [6, 6.07) is 14.0. The molecule has 1 saturated carbocycles. The summed E-state index contributed by atoms with van der Waals surface area (Å²) < 4.78 is 50.1. The Labute approximate surface area is 285 Å². The van der Waals surface area contributed by atoms with Crippen LogP contribution in [0.25, 0.3) is 22.8 Å². The fraction of sp³-hybridized carbons (Fsp3) is 0.333. The number of halogens is 4. The lowest BCUT2D eigenvalue weighted by Crippen LogP contribution is -3.00. The van der Waals surface area contributed by atoms with Gasteiger partial charge >= 0.3 is 17.9 Å². The van der Waals surface area contributed by atoms with Gasteiger partial charge in [-0.15, -0.1) is 0 Å². The first-order valence-electron chi connectivity index (χ1n) is 15.3. The van der Waals surface area contributed by atoms with E-state index in [0.717, 1.165) is 34.1 Å². The first kappa shape index (κ1) is 35.1. The number of imidazole rings is 1. The van der Waals surface area contributed by atoms with Crippen molar-refractivity contribution in [2.45, 2.75) is 57.4 Å². The van der Waals surface area contributed by atoms with E-state index in [0.29, 0.717) is 46.6 Å². The molecule has 1 fully saturated rings. The minimum absolute atomic E-state index is 0. The van der Waals surface area contributed by atoms with Gasteiger partial charge in [0.1, 0.15) is 12.2 Å². The molecule has 1 aliphatic rings. The maximum atomic E-state index is 14.1. The van der Waals surface area contributed by atoms with Crippen molar-refractivity contribution >= 4 is 6.03 Å². The quantitative estimate of drug-likeness (QED) is 0.258. The molecule has 256 valence electrons. The largest absolute Gasteiger partial charge is 1.00 e. The summed E-state index contributed by atoms with van der Waals surface area (Å²) >= 11 is 0. The first-order chi connectivity index (χ1) is 22.9. The Balaban J connectivity index is 0.00000468. The average Bonchev–Trinajstić information content (AvgIpc) is 3.80. The molecule has 0 unspecified atom stereocenters. The molecule has 0 spiro atoms. The molecular weight excluding hydrogens is 663 g/mol. The van der Waals surface area contributed by atoms with Gasteiger partial charge in [-0.25, -0.2) is 18.8 Å². The molecule has 6 rings (SSSR count). The number of rotatable bonds is 7. The number of quaternary nitrogens is 1. The van der Waals surface area contributed by atoms with Gasteiger partial charge in [0.15, 0.2) is 0 Å². The standard InChI is InChI=1S/C33H32F3N9O3.ClH/c1-21-30(28-15-16-39-44(28)25-11-7-22(18-37)8-12-25)43(32(47)42(21)26-6-4-5-23(17-26)33(34,35)36)31(46)40-24-9-13-27(14-10-24)45(2,3)19-29-38-20-48-41-29;/h4-8,11-12,15-17,20,24,27H,9-10,13-14,19H2,1-3H3;1H/t24-,27-;. The molecule has 2 aromatic carbocycles. The number of nitrogens with one attached hydrogen (secondary N) is 1. The third-order valence-electron chi connectivity index (χ3n) is 9.01. The molecule has 3 aromatic heterocycles. The normalized spacial score (nSPS) is 16.5. The van der Waals surface area contributed by atoms with E-state index in [-0.39, 0.29) is 41.6 Å². The van der Waals surface area contributed by atoms with E-state index in [2.05, 4.69) is 40.7 Å². The van der Waals surface area contributed by atoms with Crippen LogP contribution in [-0.2, 0) is 12.7 Å². The van der Waals surface area contributed by atoms with E-state index in [9.17, 15) is 28.0 Å².